The Hall–Kier alpha value is -3.78. The van der Waals surface area contributed by atoms with Crippen molar-refractivity contribution in [2.75, 3.05) is 11.9 Å². The molecule has 1 heterocycles. The minimum Gasteiger partial charge on any atom is -0.325 e. The molecule has 1 aliphatic rings. The number of fused-ring (bicyclic) bond motifs is 1. The fraction of sp³-hybridized carbons (Fsp3) is 0.0870. The van der Waals surface area contributed by atoms with Crippen LogP contribution in [0.4, 0.5) is 5.69 Å². The number of nitrogens with one attached hydrogen (secondary N) is 1. The number of carbonyl (C=O) groups excluding carboxylic acids is 3. The SMILES string of the molecule is O=C(CCN1C(=O)c2ccccc2S1(=O)=O)Nc1ccccc1C(=O)c1ccccc1. The van der Waals surface area contributed by atoms with E-state index in [0.717, 1.165) is 0 Å². The maximum absolute atomic E-state index is 12.8. The Morgan fingerprint density at radius 1 is 0.839 bits per heavy atom. The van der Waals surface area contributed by atoms with Crippen LogP contribution in [0.1, 0.15) is 32.7 Å². The molecule has 156 valence electrons. The van der Waals surface area contributed by atoms with Gasteiger partial charge < -0.3 is 5.32 Å². The Bertz CT molecular complexity index is 1290. The highest BCUT2D eigenvalue weighted by atomic mass is 32.2. The van der Waals surface area contributed by atoms with E-state index in [0.29, 0.717) is 21.1 Å². The van der Waals surface area contributed by atoms with Crippen molar-refractivity contribution in [3.05, 3.63) is 95.6 Å². The predicted octanol–water partition coefficient (Wildman–Crippen LogP) is 3.09. The number of carbonyl (C=O) groups is 3. The van der Waals surface area contributed by atoms with Crippen LogP contribution in [0.5, 0.6) is 0 Å². The van der Waals surface area contributed by atoms with Crippen molar-refractivity contribution in [3.63, 3.8) is 0 Å². The molecule has 31 heavy (non-hydrogen) atoms. The molecule has 4 rings (SSSR count). The summed E-state index contributed by atoms with van der Waals surface area (Å²) in [4.78, 5) is 37.7. The number of rotatable bonds is 6. The quantitative estimate of drug-likeness (QED) is 0.601. The van der Waals surface area contributed by atoms with Crippen LogP contribution in [0.2, 0.25) is 0 Å². The first kappa shape index (κ1) is 20.5. The van der Waals surface area contributed by atoms with Crippen molar-refractivity contribution < 1.29 is 22.8 Å². The molecule has 1 N–H and O–H groups in total. The van der Waals surface area contributed by atoms with Crippen LogP contribution < -0.4 is 5.32 Å². The summed E-state index contributed by atoms with van der Waals surface area (Å²) in [6, 6.07) is 21.2. The van der Waals surface area contributed by atoms with Gasteiger partial charge >= 0.3 is 0 Å². The van der Waals surface area contributed by atoms with Gasteiger partial charge in [0.25, 0.3) is 15.9 Å². The van der Waals surface area contributed by atoms with Gasteiger partial charge in [-0.1, -0.05) is 54.6 Å². The van der Waals surface area contributed by atoms with E-state index in [4.69, 9.17) is 0 Å². The van der Waals surface area contributed by atoms with E-state index in [1.807, 2.05) is 0 Å². The molecule has 0 fully saturated rings. The van der Waals surface area contributed by atoms with Crippen LogP contribution in [-0.2, 0) is 14.8 Å². The van der Waals surface area contributed by atoms with Crippen LogP contribution in [0.15, 0.2) is 83.8 Å². The summed E-state index contributed by atoms with van der Waals surface area (Å²) in [5.74, 6) is -1.40. The van der Waals surface area contributed by atoms with E-state index in [2.05, 4.69) is 5.32 Å². The summed E-state index contributed by atoms with van der Waals surface area (Å²) in [5.41, 5.74) is 1.22. The third-order valence-electron chi connectivity index (χ3n) is 4.94. The number of benzene rings is 3. The third-order valence-corrected chi connectivity index (χ3v) is 6.78. The van der Waals surface area contributed by atoms with Gasteiger partial charge in [-0.05, 0) is 24.3 Å². The van der Waals surface area contributed by atoms with Crippen LogP contribution in [0.25, 0.3) is 0 Å². The average molecular weight is 434 g/mol. The Balaban J connectivity index is 1.48. The van der Waals surface area contributed by atoms with Crippen LogP contribution in [-0.4, -0.2) is 36.9 Å². The number of anilines is 1. The molecule has 3 aromatic rings. The van der Waals surface area contributed by atoms with Gasteiger partial charge in [0.05, 0.1) is 11.3 Å². The first-order valence-electron chi connectivity index (χ1n) is 9.54. The zero-order valence-electron chi connectivity index (χ0n) is 16.3. The summed E-state index contributed by atoms with van der Waals surface area (Å²) >= 11 is 0. The summed E-state index contributed by atoms with van der Waals surface area (Å²) in [6.45, 7) is -0.295. The zero-order valence-corrected chi connectivity index (χ0v) is 17.1. The van der Waals surface area contributed by atoms with Crippen molar-refractivity contribution in [3.8, 4) is 0 Å². The maximum atomic E-state index is 12.8. The van der Waals surface area contributed by atoms with E-state index in [1.165, 1.54) is 12.1 Å². The number of ketones is 1. The lowest BCUT2D eigenvalue weighted by molar-refractivity contribution is -0.116. The molecule has 0 saturated carbocycles. The first-order valence-corrected chi connectivity index (χ1v) is 11.0. The number of amides is 2. The van der Waals surface area contributed by atoms with Crippen molar-refractivity contribution in [1.82, 2.24) is 4.31 Å². The smallest absolute Gasteiger partial charge is 0.269 e. The molecular weight excluding hydrogens is 416 g/mol. The standard InChI is InChI=1S/C23H18N2O5S/c26-21(14-15-25-23(28)18-11-5-7-13-20(18)31(25,29)30)24-19-12-6-4-10-17(19)22(27)16-8-2-1-3-9-16/h1-13H,14-15H2,(H,24,26). The highest BCUT2D eigenvalue weighted by Crippen LogP contribution is 2.30. The summed E-state index contributed by atoms with van der Waals surface area (Å²) in [5, 5.41) is 2.66. The van der Waals surface area contributed by atoms with Gasteiger partial charge in [-0.25, -0.2) is 12.7 Å². The molecule has 7 nitrogen and oxygen atoms in total. The van der Waals surface area contributed by atoms with Gasteiger partial charge in [0, 0.05) is 24.1 Å². The summed E-state index contributed by atoms with van der Waals surface area (Å²) in [7, 11) is -3.97. The Kier molecular flexibility index (Phi) is 5.39. The average Bonchev–Trinajstić information content (AvgIpc) is 2.98. The van der Waals surface area contributed by atoms with E-state index < -0.39 is 21.8 Å². The molecule has 1 aliphatic heterocycles. The Morgan fingerprint density at radius 3 is 2.23 bits per heavy atom. The highest BCUT2D eigenvalue weighted by Gasteiger charge is 2.40. The molecule has 0 bridgehead atoms. The highest BCUT2D eigenvalue weighted by molar-refractivity contribution is 7.90. The predicted molar refractivity (Wildman–Crippen MR) is 114 cm³/mol. The summed E-state index contributed by atoms with van der Waals surface area (Å²) in [6.07, 6.45) is -0.243. The van der Waals surface area contributed by atoms with Gasteiger partial charge in [0.15, 0.2) is 5.78 Å². The number of hydrogen-bond acceptors (Lipinski definition) is 5. The van der Waals surface area contributed by atoms with Crippen LogP contribution in [0, 0.1) is 0 Å². The van der Waals surface area contributed by atoms with Gasteiger partial charge in [-0.15, -0.1) is 0 Å². The van der Waals surface area contributed by atoms with Crippen molar-refractivity contribution in [2.24, 2.45) is 0 Å². The van der Waals surface area contributed by atoms with Gasteiger partial charge in [-0.3, -0.25) is 14.4 Å². The van der Waals surface area contributed by atoms with Gasteiger partial charge in [0.2, 0.25) is 5.91 Å². The van der Waals surface area contributed by atoms with E-state index in [9.17, 15) is 22.8 Å². The fourth-order valence-electron chi connectivity index (χ4n) is 3.40. The first-order chi connectivity index (χ1) is 14.9. The van der Waals surface area contributed by atoms with Crippen molar-refractivity contribution in [2.45, 2.75) is 11.3 Å². The second kappa shape index (κ2) is 8.16. The Morgan fingerprint density at radius 2 is 1.48 bits per heavy atom. The normalized spacial score (nSPS) is 14.2. The Labute approximate surface area is 179 Å². The lowest BCUT2D eigenvalue weighted by atomic mass is 10.0. The second-order valence-corrected chi connectivity index (χ2v) is 8.75. The van der Waals surface area contributed by atoms with E-state index in [-0.39, 0.29) is 29.2 Å². The van der Waals surface area contributed by atoms with E-state index >= 15 is 0 Å². The molecule has 0 aliphatic carbocycles. The molecule has 2 amide bonds. The molecule has 3 aromatic carbocycles. The fourth-order valence-corrected chi connectivity index (χ4v) is 4.97. The van der Waals surface area contributed by atoms with E-state index in [1.54, 1.807) is 66.7 Å². The minimum absolute atomic E-state index is 0.0563. The number of para-hydroxylation sites is 1. The lowest BCUT2D eigenvalue weighted by Gasteiger charge is -2.15. The third kappa shape index (κ3) is 3.85. The van der Waals surface area contributed by atoms with Gasteiger partial charge in [-0.2, -0.15) is 0 Å². The minimum atomic E-state index is -3.97. The molecule has 0 radical (unpaired) electrons. The molecule has 0 aromatic heterocycles. The zero-order chi connectivity index (χ0) is 22.0. The maximum Gasteiger partial charge on any atom is 0.269 e. The lowest BCUT2D eigenvalue weighted by Crippen LogP contribution is -2.33. The molecule has 0 spiro atoms. The van der Waals surface area contributed by atoms with Crippen LogP contribution in [0.3, 0.4) is 0 Å². The topological polar surface area (TPSA) is 101 Å². The number of sulfonamides is 1. The largest absolute Gasteiger partial charge is 0.325 e. The molecular formula is C23H18N2O5S. The number of hydrogen-bond donors (Lipinski definition) is 1. The van der Waals surface area contributed by atoms with Crippen molar-refractivity contribution >= 4 is 33.3 Å². The van der Waals surface area contributed by atoms with Crippen molar-refractivity contribution in [1.29, 1.82) is 0 Å². The van der Waals surface area contributed by atoms with Crippen LogP contribution >= 0.6 is 0 Å². The number of nitrogens with zero attached hydrogens (tertiary/aromatic N) is 1. The molecule has 0 atom stereocenters. The monoisotopic (exact) mass is 434 g/mol. The molecule has 8 heteroatoms. The summed E-state index contributed by atoms with van der Waals surface area (Å²) < 4.78 is 25.9. The molecule has 0 saturated heterocycles. The molecule has 0 unspecified atom stereocenters. The van der Waals surface area contributed by atoms with Gasteiger partial charge in [0.1, 0.15) is 4.90 Å². The second-order valence-electron chi connectivity index (χ2n) is 6.92.